The van der Waals surface area contributed by atoms with Gasteiger partial charge >= 0.3 is 0 Å². The molecule has 0 aliphatic rings. The Hall–Kier alpha value is -4.27. The van der Waals surface area contributed by atoms with Crippen LogP contribution in [-0.2, 0) is 6.54 Å². The van der Waals surface area contributed by atoms with Crippen molar-refractivity contribution in [1.29, 1.82) is 0 Å². The van der Waals surface area contributed by atoms with E-state index in [0.29, 0.717) is 40.5 Å². The minimum atomic E-state index is -0.382. The molecule has 0 unspecified atom stereocenters. The van der Waals surface area contributed by atoms with E-state index >= 15 is 4.39 Å². The Morgan fingerprint density at radius 3 is 2.42 bits per heavy atom. The first kappa shape index (κ1) is 26.8. The van der Waals surface area contributed by atoms with E-state index in [2.05, 4.69) is 15.6 Å². The molecule has 1 aromatic heterocycles. The Balaban J connectivity index is 1.68. The second-order valence-corrected chi connectivity index (χ2v) is 8.92. The summed E-state index contributed by atoms with van der Waals surface area (Å²) < 4.78 is 20.6. The molecule has 0 aliphatic carbocycles. The minimum Gasteiger partial charge on any atom is -0.496 e. The van der Waals surface area contributed by atoms with Crippen LogP contribution in [0.25, 0.3) is 22.3 Å². The molecule has 8 heteroatoms. The van der Waals surface area contributed by atoms with Crippen molar-refractivity contribution in [3.05, 3.63) is 94.9 Å². The number of aromatic nitrogens is 1. The molecular weight excluding hydrogens is 483 g/mol. The predicted octanol–water partition coefficient (Wildman–Crippen LogP) is 5.10. The fraction of sp³-hybridized carbons (Fsp3) is 0.200. The number of nitrogen functional groups attached to an aromatic ring is 1. The van der Waals surface area contributed by atoms with Crippen molar-refractivity contribution >= 4 is 17.4 Å². The summed E-state index contributed by atoms with van der Waals surface area (Å²) in [5.74, 6) is 0.126. The fourth-order valence-corrected chi connectivity index (χ4v) is 4.45. The van der Waals surface area contributed by atoms with E-state index < -0.39 is 0 Å². The Labute approximate surface area is 221 Å². The van der Waals surface area contributed by atoms with Gasteiger partial charge in [0.15, 0.2) is 0 Å². The van der Waals surface area contributed by atoms with Crippen molar-refractivity contribution < 1.29 is 19.0 Å². The zero-order valence-electron chi connectivity index (χ0n) is 21.6. The monoisotopic (exact) mass is 514 g/mol. The lowest BCUT2D eigenvalue weighted by molar-refractivity contribution is 0.102. The zero-order valence-corrected chi connectivity index (χ0v) is 21.6. The van der Waals surface area contributed by atoms with Crippen LogP contribution in [0.2, 0.25) is 0 Å². The predicted molar refractivity (Wildman–Crippen MR) is 149 cm³/mol. The molecule has 38 heavy (non-hydrogen) atoms. The number of carbonyl (C=O) groups excluding carboxylic acids is 1. The highest BCUT2D eigenvalue weighted by molar-refractivity contribution is 6.05. The lowest BCUT2D eigenvalue weighted by Gasteiger charge is -2.18. The van der Waals surface area contributed by atoms with Gasteiger partial charge in [-0.3, -0.25) is 4.79 Å². The number of carbonyl (C=O) groups is 1. The van der Waals surface area contributed by atoms with Crippen molar-refractivity contribution in [2.75, 3.05) is 31.3 Å². The van der Waals surface area contributed by atoms with E-state index in [1.54, 1.807) is 12.1 Å². The highest BCUT2D eigenvalue weighted by Crippen LogP contribution is 2.37. The summed E-state index contributed by atoms with van der Waals surface area (Å²) in [5, 5.41) is 15.0. The van der Waals surface area contributed by atoms with E-state index in [9.17, 15) is 4.79 Å². The average Bonchev–Trinajstić information content (AvgIpc) is 2.91. The van der Waals surface area contributed by atoms with Gasteiger partial charge in [-0.1, -0.05) is 30.3 Å². The van der Waals surface area contributed by atoms with Gasteiger partial charge in [0.05, 0.1) is 19.3 Å². The molecule has 4 aromatic rings. The van der Waals surface area contributed by atoms with Gasteiger partial charge in [-0.15, -0.1) is 0 Å². The molecule has 0 spiro atoms. The SMILES string of the molecule is COc1cc(-c2cccc(-c3cccc(NC(=O)c4ccc(N)nc4)c3C)c2C)cc(F)c1CNCCO. The van der Waals surface area contributed by atoms with E-state index in [4.69, 9.17) is 15.6 Å². The third-order valence-electron chi connectivity index (χ3n) is 6.53. The van der Waals surface area contributed by atoms with Crippen LogP contribution in [0.3, 0.4) is 0 Å². The number of nitrogens with two attached hydrogens (primary N) is 1. The van der Waals surface area contributed by atoms with Gasteiger partial charge < -0.3 is 26.2 Å². The molecule has 1 heterocycles. The molecule has 7 nitrogen and oxygen atoms in total. The van der Waals surface area contributed by atoms with Crippen molar-refractivity contribution in [3.8, 4) is 28.0 Å². The molecular formula is C30H31FN4O3. The van der Waals surface area contributed by atoms with E-state index in [-0.39, 0.29) is 24.9 Å². The molecule has 0 saturated carbocycles. The summed E-state index contributed by atoms with van der Waals surface area (Å²) >= 11 is 0. The van der Waals surface area contributed by atoms with Crippen LogP contribution < -0.4 is 21.1 Å². The number of anilines is 2. The Morgan fingerprint density at radius 1 is 1.03 bits per heavy atom. The Bertz CT molecular complexity index is 1460. The zero-order chi connectivity index (χ0) is 27.2. The van der Waals surface area contributed by atoms with Gasteiger partial charge in [-0.05, 0) is 77.6 Å². The molecule has 1 amide bonds. The van der Waals surface area contributed by atoms with Crippen LogP contribution in [0, 0.1) is 19.7 Å². The van der Waals surface area contributed by atoms with Gasteiger partial charge in [0.2, 0.25) is 0 Å². The number of aliphatic hydroxyl groups is 1. The van der Waals surface area contributed by atoms with Crippen molar-refractivity contribution in [2.24, 2.45) is 0 Å². The van der Waals surface area contributed by atoms with E-state index in [1.807, 2.05) is 56.3 Å². The first-order valence-corrected chi connectivity index (χ1v) is 12.2. The third kappa shape index (κ3) is 5.66. The average molecular weight is 515 g/mol. The standard InChI is InChI=1S/C30H31FN4O3/c1-18-22(21-14-26(31)25(17-33-12-13-36)28(15-21)38-3)6-4-7-23(18)24-8-5-9-27(19(24)2)35-30(37)20-10-11-29(32)34-16-20/h4-11,14-16,33,36H,12-13,17H2,1-3H3,(H2,32,34)(H,35,37). The summed E-state index contributed by atoms with van der Waals surface area (Å²) in [5.41, 5.74) is 12.5. The summed E-state index contributed by atoms with van der Waals surface area (Å²) in [4.78, 5) is 16.8. The number of ether oxygens (including phenoxy) is 1. The quantitative estimate of drug-likeness (QED) is 0.232. The van der Waals surface area contributed by atoms with Gasteiger partial charge in [-0.25, -0.2) is 9.37 Å². The topological polar surface area (TPSA) is 110 Å². The number of methoxy groups -OCH3 is 1. The number of pyridine rings is 1. The number of amides is 1. The van der Waals surface area contributed by atoms with Crippen molar-refractivity contribution in [3.63, 3.8) is 0 Å². The molecule has 4 rings (SSSR count). The van der Waals surface area contributed by atoms with Crippen LogP contribution in [0.1, 0.15) is 27.0 Å². The maximum atomic E-state index is 15.1. The van der Waals surface area contributed by atoms with Gasteiger partial charge in [-0.2, -0.15) is 0 Å². The second kappa shape index (κ2) is 11.9. The van der Waals surface area contributed by atoms with Crippen LogP contribution in [0.15, 0.2) is 66.9 Å². The normalized spacial score (nSPS) is 10.9. The number of aliphatic hydroxyl groups excluding tert-OH is 1. The number of benzene rings is 3. The number of rotatable bonds is 9. The molecule has 196 valence electrons. The molecule has 0 atom stereocenters. The Morgan fingerprint density at radius 2 is 1.74 bits per heavy atom. The first-order chi connectivity index (χ1) is 18.3. The second-order valence-electron chi connectivity index (χ2n) is 8.92. The molecule has 3 aromatic carbocycles. The number of nitrogens with one attached hydrogen (secondary N) is 2. The van der Waals surface area contributed by atoms with Gasteiger partial charge in [0, 0.05) is 30.5 Å². The van der Waals surface area contributed by atoms with Gasteiger partial charge in [0.25, 0.3) is 5.91 Å². The number of halogens is 1. The summed E-state index contributed by atoms with van der Waals surface area (Å²) in [6, 6.07) is 18.2. The molecule has 0 saturated heterocycles. The molecule has 0 bridgehead atoms. The van der Waals surface area contributed by atoms with Crippen LogP contribution in [-0.4, -0.2) is 36.3 Å². The van der Waals surface area contributed by atoms with E-state index in [1.165, 1.54) is 19.4 Å². The summed E-state index contributed by atoms with van der Waals surface area (Å²) in [6.45, 7) is 4.53. The number of hydrogen-bond acceptors (Lipinski definition) is 6. The highest BCUT2D eigenvalue weighted by Gasteiger charge is 2.17. The lowest BCUT2D eigenvalue weighted by atomic mass is 9.90. The lowest BCUT2D eigenvalue weighted by Crippen LogP contribution is -2.18. The molecule has 0 radical (unpaired) electrons. The molecule has 0 aliphatic heterocycles. The fourth-order valence-electron chi connectivity index (χ4n) is 4.45. The molecule has 5 N–H and O–H groups in total. The maximum Gasteiger partial charge on any atom is 0.257 e. The van der Waals surface area contributed by atoms with Crippen LogP contribution in [0.4, 0.5) is 15.9 Å². The third-order valence-corrected chi connectivity index (χ3v) is 6.53. The van der Waals surface area contributed by atoms with Crippen molar-refractivity contribution in [1.82, 2.24) is 10.3 Å². The minimum absolute atomic E-state index is 0.0309. The van der Waals surface area contributed by atoms with Crippen molar-refractivity contribution in [2.45, 2.75) is 20.4 Å². The summed E-state index contributed by atoms with van der Waals surface area (Å²) in [7, 11) is 1.51. The maximum absolute atomic E-state index is 15.1. The Kier molecular flexibility index (Phi) is 8.35. The van der Waals surface area contributed by atoms with Crippen LogP contribution >= 0.6 is 0 Å². The number of nitrogens with zero attached hydrogens (tertiary/aromatic N) is 1. The van der Waals surface area contributed by atoms with Crippen LogP contribution in [0.5, 0.6) is 5.75 Å². The molecule has 0 fully saturated rings. The largest absolute Gasteiger partial charge is 0.496 e. The van der Waals surface area contributed by atoms with Gasteiger partial charge in [0.1, 0.15) is 17.4 Å². The summed E-state index contributed by atoms with van der Waals surface area (Å²) in [6.07, 6.45) is 1.44. The first-order valence-electron chi connectivity index (χ1n) is 12.2. The van der Waals surface area contributed by atoms with E-state index in [0.717, 1.165) is 27.8 Å². The highest BCUT2D eigenvalue weighted by atomic mass is 19.1. The smallest absolute Gasteiger partial charge is 0.257 e. The number of hydrogen-bond donors (Lipinski definition) is 4.